The van der Waals surface area contributed by atoms with Gasteiger partial charge in [-0.1, -0.05) is 48.4 Å². The van der Waals surface area contributed by atoms with Crippen molar-refractivity contribution in [1.29, 1.82) is 0 Å². The number of nitrogens with one attached hydrogen (secondary N) is 1. The summed E-state index contributed by atoms with van der Waals surface area (Å²) in [6, 6.07) is 11.5. The maximum Gasteiger partial charge on any atom is 0.243 e. The molecule has 0 radical (unpaired) electrons. The second-order valence-corrected chi connectivity index (χ2v) is 8.98. The highest BCUT2D eigenvalue weighted by Gasteiger charge is 2.30. The molecule has 0 spiro atoms. The standard InChI is InChI=1S/C25H33FN2O2/c1-7-22(24(30)27-25(4,5)6)28(16-19-8-10-21(26)11-9-19)23(29)15-20-13-17(2)12-18(3)14-20/h8-14,22H,7,15-16H2,1-6H3,(H,27,30)/t22-/m1/s1. The van der Waals surface area contributed by atoms with Gasteiger partial charge in [0.25, 0.3) is 0 Å². The first-order chi connectivity index (χ1) is 14.0. The first-order valence-electron chi connectivity index (χ1n) is 10.4. The summed E-state index contributed by atoms with van der Waals surface area (Å²) in [6.45, 7) is 11.9. The highest BCUT2D eigenvalue weighted by Crippen LogP contribution is 2.17. The predicted octanol–water partition coefficient (Wildman–Crippen LogP) is 4.71. The van der Waals surface area contributed by atoms with Crippen LogP contribution in [0, 0.1) is 19.7 Å². The molecule has 5 heteroatoms. The molecule has 0 aliphatic heterocycles. The van der Waals surface area contributed by atoms with Crippen molar-refractivity contribution in [3.8, 4) is 0 Å². The van der Waals surface area contributed by atoms with Gasteiger partial charge in [0, 0.05) is 12.1 Å². The second-order valence-electron chi connectivity index (χ2n) is 8.98. The van der Waals surface area contributed by atoms with E-state index < -0.39 is 11.6 Å². The maximum absolute atomic E-state index is 13.3. The van der Waals surface area contributed by atoms with Crippen LogP contribution in [0.2, 0.25) is 0 Å². The van der Waals surface area contributed by atoms with Crippen LogP contribution in [-0.2, 0) is 22.6 Å². The van der Waals surface area contributed by atoms with E-state index >= 15 is 0 Å². The number of amides is 2. The van der Waals surface area contributed by atoms with Crippen LogP contribution in [0.1, 0.15) is 56.4 Å². The third-order valence-corrected chi connectivity index (χ3v) is 4.79. The van der Waals surface area contributed by atoms with E-state index in [1.54, 1.807) is 17.0 Å². The van der Waals surface area contributed by atoms with Crippen molar-refractivity contribution in [2.75, 3.05) is 0 Å². The van der Waals surface area contributed by atoms with Crippen LogP contribution in [0.5, 0.6) is 0 Å². The summed E-state index contributed by atoms with van der Waals surface area (Å²) < 4.78 is 13.3. The Morgan fingerprint density at radius 1 is 1.00 bits per heavy atom. The van der Waals surface area contributed by atoms with Crippen LogP contribution in [0.3, 0.4) is 0 Å². The lowest BCUT2D eigenvalue weighted by Crippen LogP contribution is -2.53. The zero-order valence-corrected chi connectivity index (χ0v) is 18.9. The zero-order valence-electron chi connectivity index (χ0n) is 18.9. The molecule has 0 unspecified atom stereocenters. The molecule has 1 N–H and O–H groups in total. The lowest BCUT2D eigenvalue weighted by atomic mass is 10.0. The smallest absolute Gasteiger partial charge is 0.243 e. The van der Waals surface area contributed by atoms with E-state index in [4.69, 9.17) is 0 Å². The maximum atomic E-state index is 13.3. The van der Waals surface area contributed by atoms with Gasteiger partial charge in [0.1, 0.15) is 11.9 Å². The molecule has 0 aromatic heterocycles. The van der Waals surface area contributed by atoms with Gasteiger partial charge in [0.05, 0.1) is 6.42 Å². The normalized spacial score (nSPS) is 12.4. The van der Waals surface area contributed by atoms with Gasteiger partial charge in [-0.25, -0.2) is 4.39 Å². The number of hydrogen-bond donors (Lipinski definition) is 1. The summed E-state index contributed by atoms with van der Waals surface area (Å²) in [5, 5.41) is 2.99. The molecule has 0 heterocycles. The Hall–Kier alpha value is -2.69. The number of halogens is 1. The Bertz CT molecular complexity index is 865. The van der Waals surface area contributed by atoms with Crippen molar-refractivity contribution in [3.05, 3.63) is 70.5 Å². The van der Waals surface area contributed by atoms with E-state index in [1.807, 2.05) is 53.7 Å². The number of benzene rings is 2. The summed E-state index contributed by atoms with van der Waals surface area (Å²) in [6.07, 6.45) is 0.699. The topological polar surface area (TPSA) is 49.4 Å². The van der Waals surface area contributed by atoms with Crippen molar-refractivity contribution in [2.24, 2.45) is 0 Å². The van der Waals surface area contributed by atoms with Crippen molar-refractivity contribution >= 4 is 11.8 Å². The van der Waals surface area contributed by atoms with Crippen LogP contribution >= 0.6 is 0 Å². The molecular formula is C25H33FN2O2. The van der Waals surface area contributed by atoms with Gasteiger partial charge in [-0.2, -0.15) is 0 Å². The van der Waals surface area contributed by atoms with Gasteiger partial charge in [0.2, 0.25) is 11.8 Å². The quantitative estimate of drug-likeness (QED) is 0.716. The molecule has 0 saturated heterocycles. The fourth-order valence-corrected chi connectivity index (χ4v) is 3.61. The summed E-state index contributed by atoms with van der Waals surface area (Å²) in [7, 11) is 0. The second kappa shape index (κ2) is 9.88. The number of carbonyl (C=O) groups excluding carboxylic acids is 2. The molecule has 162 valence electrons. The lowest BCUT2D eigenvalue weighted by Gasteiger charge is -2.33. The van der Waals surface area contributed by atoms with E-state index in [2.05, 4.69) is 11.4 Å². The number of hydrogen-bond acceptors (Lipinski definition) is 2. The Kier molecular flexibility index (Phi) is 7.77. The fraction of sp³-hybridized carbons (Fsp3) is 0.440. The first kappa shape index (κ1) is 23.6. The third kappa shape index (κ3) is 6.97. The molecule has 4 nitrogen and oxygen atoms in total. The van der Waals surface area contributed by atoms with Crippen molar-refractivity contribution in [1.82, 2.24) is 10.2 Å². The molecular weight excluding hydrogens is 379 g/mol. The molecule has 0 fully saturated rings. The Morgan fingerprint density at radius 3 is 2.07 bits per heavy atom. The fourth-order valence-electron chi connectivity index (χ4n) is 3.61. The van der Waals surface area contributed by atoms with E-state index in [0.29, 0.717) is 6.42 Å². The number of aryl methyl sites for hydroxylation is 2. The van der Waals surface area contributed by atoms with E-state index in [9.17, 15) is 14.0 Å². The number of carbonyl (C=O) groups is 2. The Morgan fingerprint density at radius 2 is 1.57 bits per heavy atom. The highest BCUT2D eigenvalue weighted by atomic mass is 19.1. The van der Waals surface area contributed by atoms with Crippen LogP contribution in [0.15, 0.2) is 42.5 Å². The van der Waals surface area contributed by atoms with Gasteiger partial charge in [-0.05, 0) is 64.3 Å². The minimum absolute atomic E-state index is 0.125. The average molecular weight is 413 g/mol. The summed E-state index contributed by atoms with van der Waals surface area (Å²) >= 11 is 0. The lowest BCUT2D eigenvalue weighted by molar-refractivity contribution is -0.141. The largest absolute Gasteiger partial charge is 0.350 e. The molecule has 2 aromatic rings. The Labute approximate surface area is 179 Å². The zero-order chi connectivity index (χ0) is 22.5. The summed E-state index contributed by atoms with van der Waals surface area (Å²) in [5.74, 6) is -0.634. The minimum Gasteiger partial charge on any atom is -0.350 e. The Balaban J connectivity index is 2.33. The van der Waals surface area contributed by atoms with Gasteiger partial charge in [-0.15, -0.1) is 0 Å². The van der Waals surface area contributed by atoms with Crippen LogP contribution < -0.4 is 5.32 Å². The van der Waals surface area contributed by atoms with Crippen LogP contribution in [0.4, 0.5) is 4.39 Å². The summed E-state index contributed by atoms with van der Waals surface area (Å²) in [5.41, 5.74) is 3.50. The highest BCUT2D eigenvalue weighted by molar-refractivity contribution is 5.88. The van der Waals surface area contributed by atoms with Crippen molar-refractivity contribution < 1.29 is 14.0 Å². The molecule has 0 aliphatic rings. The van der Waals surface area contributed by atoms with Crippen LogP contribution in [0.25, 0.3) is 0 Å². The van der Waals surface area contributed by atoms with E-state index in [0.717, 1.165) is 22.3 Å². The van der Waals surface area contributed by atoms with Gasteiger partial charge in [0.15, 0.2) is 0 Å². The minimum atomic E-state index is -0.604. The molecule has 30 heavy (non-hydrogen) atoms. The molecule has 0 bridgehead atoms. The molecule has 1 atom stereocenters. The third-order valence-electron chi connectivity index (χ3n) is 4.79. The number of nitrogens with zero attached hydrogens (tertiary/aromatic N) is 1. The summed E-state index contributed by atoms with van der Waals surface area (Å²) in [4.78, 5) is 27.9. The van der Waals surface area contributed by atoms with Gasteiger partial charge >= 0.3 is 0 Å². The SMILES string of the molecule is CC[C@H](C(=O)NC(C)(C)C)N(Cc1ccc(F)cc1)C(=O)Cc1cc(C)cc(C)c1. The number of rotatable bonds is 7. The predicted molar refractivity (Wildman–Crippen MR) is 119 cm³/mol. The molecule has 2 aromatic carbocycles. The monoisotopic (exact) mass is 412 g/mol. The molecule has 2 amide bonds. The molecule has 0 saturated carbocycles. The van der Waals surface area contributed by atoms with Crippen molar-refractivity contribution in [3.63, 3.8) is 0 Å². The van der Waals surface area contributed by atoms with Crippen LogP contribution in [-0.4, -0.2) is 28.3 Å². The molecule has 2 rings (SSSR count). The average Bonchev–Trinajstić information content (AvgIpc) is 2.60. The molecule has 0 aliphatic carbocycles. The van der Waals surface area contributed by atoms with E-state index in [-0.39, 0.29) is 30.6 Å². The van der Waals surface area contributed by atoms with Gasteiger partial charge in [-0.3, -0.25) is 9.59 Å². The van der Waals surface area contributed by atoms with Gasteiger partial charge < -0.3 is 10.2 Å². The first-order valence-corrected chi connectivity index (χ1v) is 10.4. The van der Waals surface area contributed by atoms with Crippen molar-refractivity contribution in [2.45, 2.75) is 72.5 Å². The van der Waals surface area contributed by atoms with E-state index in [1.165, 1.54) is 12.1 Å².